The van der Waals surface area contributed by atoms with E-state index in [9.17, 15) is 14.4 Å². The van der Waals surface area contributed by atoms with Crippen molar-refractivity contribution in [3.63, 3.8) is 0 Å². The van der Waals surface area contributed by atoms with Crippen molar-refractivity contribution in [3.8, 4) is 5.75 Å². The second kappa shape index (κ2) is 8.02. The number of benzene rings is 1. The van der Waals surface area contributed by atoms with Crippen LogP contribution in [0.15, 0.2) is 23.9 Å². The Morgan fingerprint density at radius 2 is 2.12 bits per heavy atom. The van der Waals surface area contributed by atoms with Gasteiger partial charge in [-0.1, -0.05) is 24.6 Å². The lowest BCUT2D eigenvalue weighted by Crippen LogP contribution is -2.36. The molecule has 0 unspecified atom stereocenters. The molecule has 3 amide bonds. The van der Waals surface area contributed by atoms with Gasteiger partial charge in [0.2, 0.25) is 0 Å². The number of esters is 1. The Balaban J connectivity index is 2.17. The van der Waals surface area contributed by atoms with Gasteiger partial charge in [-0.25, -0.2) is 9.69 Å². The van der Waals surface area contributed by atoms with Crippen molar-refractivity contribution >= 4 is 35.6 Å². The van der Waals surface area contributed by atoms with Gasteiger partial charge in [0.15, 0.2) is 0 Å². The average Bonchev–Trinajstić information content (AvgIpc) is 2.84. The van der Waals surface area contributed by atoms with Gasteiger partial charge in [-0.05, 0) is 37.1 Å². The summed E-state index contributed by atoms with van der Waals surface area (Å²) in [6.45, 7) is 3.50. The summed E-state index contributed by atoms with van der Waals surface area (Å²) in [4.78, 5) is 36.1. The fourth-order valence-electron chi connectivity index (χ4n) is 2.08. The van der Waals surface area contributed by atoms with E-state index in [-0.39, 0.29) is 11.8 Å². The lowest BCUT2D eigenvalue weighted by molar-refractivity contribution is -0.143. The molecule has 1 aliphatic rings. The van der Waals surface area contributed by atoms with Crippen molar-refractivity contribution in [1.29, 1.82) is 0 Å². The highest BCUT2D eigenvalue weighted by Gasteiger charge is 2.35. The van der Waals surface area contributed by atoms with Gasteiger partial charge in [0.25, 0.3) is 5.91 Å². The third kappa shape index (κ3) is 4.51. The van der Waals surface area contributed by atoms with E-state index >= 15 is 0 Å². The van der Waals surface area contributed by atoms with E-state index in [4.69, 9.17) is 16.3 Å². The van der Waals surface area contributed by atoms with E-state index in [1.165, 1.54) is 13.2 Å². The molecule has 1 fully saturated rings. The predicted molar refractivity (Wildman–Crippen MR) is 92.1 cm³/mol. The first kappa shape index (κ1) is 18.8. The number of rotatable bonds is 6. The van der Waals surface area contributed by atoms with Gasteiger partial charge < -0.3 is 14.8 Å². The number of ether oxygens (including phenoxy) is 2. The zero-order valence-corrected chi connectivity index (χ0v) is 14.9. The maximum absolute atomic E-state index is 12.2. The zero-order valence-electron chi connectivity index (χ0n) is 14.2. The quantitative estimate of drug-likeness (QED) is 0.475. The lowest BCUT2D eigenvalue weighted by atomic mass is 10.1. The Bertz CT molecular complexity index is 732. The molecule has 0 spiro atoms. The summed E-state index contributed by atoms with van der Waals surface area (Å²) >= 11 is 6.20. The number of hydrogen-bond donors (Lipinski definition) is 1. The van der Waals surface area contributed by atoms with Gasteiger partial charge in [-0.2, -0.15) is 0 Å². The van der Waals surface area contributed by atoms with Crippen LogP contribution in [-0.2, 0) is 14.3 Å². The Kier molecular flexibility index (Phi) is 6.03. The largest absolute Gasteiger partial charge is 0.489 e. The molecule has 1 N–H and O–H groups in total. The first-order valence-corrected chi connectivity index (χ1v) is 8.11. The number of hydrogen-bond acceptors (Lipinski definition) is 5. The van der Waals surface area contributed by atoms with Crippen molar-refractivity contribution in [2.24, 2.45) is 0 Å². The zero-order chi connectivity index (χ0) is 18.6. The van der Waals surface area contributed by atoms with Crippen molar-refractivity contribution in [2.75, 3.05) is 13.7 Å². The summed E-state index contributed by atoms with van der Waals surface area (Å²) in [6.07, 6.45) is 2.36. The third-order valence-corrected chi connectivity index (χ3v) is 3.94. The standard InChI is InChI=1S/C17H19ClN2O5/c1-4-10(2)25-14-6-5-11(7-12(14)18)8-13-16(22)20(17(23)19-13)9-15(21)24-3/h5-8,10H,4,9H2,1-3H3,(H,19,23)/b13-8+/t10-/m1/s1. The molecule has 8 heteroatoms. The fourth-order valence-corrected chi connectivity index (χ4v) is 2.31. The molecular formula is C17H19ClN2O5. The van der Waals surface area contributed by atoms with E-state index in [0.29, 0.717) is 16.3 Å². The highest BCUT2D eigenvalue weighted by molar-refractivity contribution is 6.32. The Morgan fingerprint density at radius 1 is 1.40 bits per heavy atom. The molecule has 0 bridgehead atoms. The fraction of sp³-hybridized carbons (Fsp3) is 0.353. The molecule has 25 heavy (non-hydrogen) atoms. The number of methoxy groups -OCH3 is 1. The normalized spacial score (nSPS) is 16.8. The lowest BCUT2D eigenvalue weighted by Gasteiger charge is -2.14. The number of amides is 3. The maximum atomic E-state index is 12.2. The minimum atomic E-state index is -0.681. The van der Waals surface area contributed by atoms with E-state index in [1.807, 2.05) is 13.8 Å². The molecule has 7 nitrogen and oxygen atoms in total. The Labute approximate surface area is 150 Å². The third-order valence-electron chi connectivity index (χ3n) is 3.65. The molecule has 1 atom stereocenters. The van der Waals surface area contributed by atoms with Crippen LogP contribution >= 0.6 is 11.6 Å². The molecule has 134 valence electrons. The second-order valence-electron chi connectivity index (χ2n) is 5.48. The predicted octanol–water partition coefficient (Wildman–Crippen LogP) is 2.58. The van der Waals surface area contributed by atoms with Gasteiger partial charge in [-0.3, -0.25) is 9.59 Å². The van der Waals surface area contributed by atoms with E-state index < -0.39 is 24.5 Å². The molecule has 1 aliphatic heterocycles. The number of carbonyl (C=O) groups excluding carboxylic acids is 3. The maximum Gasteiger partial charge on any atom is 0.329 e. The molecule has 0 saturated carbocycles. The van der Waals surface area contributed by atoms with Crippen molar-refractivity contribution < 1.29 is 23.9 Å². The number of nitrogens with one attached hydrogen (secondary N) is 1. The number of imide groups is 1. The second-order valence-corrected chi connectivity index (χ2v) is 5.89. The topological polar surface area (TPSA) is 84.9 Å². The summed E-state index contributed by atoms with van der Waals surface area (Å²) in [5.74, 6) is -0.738. The molecule has 1 aromatic rings. The summed E-state index contributed by atoms with van der Waals surface area (Å²) in [5, 5.41) is 2.82. The monoisotopic (exact) mass is 366 g/mol. The van der Waals surface area contributed by atoms with Crippen molar-refractivity contribution in [3.05, 3.63) is 34.5 Å². The molecule has 2 rings (SSSR count). The van der Waals surface area contributed by atoms with Crippen LogP contribution in [-0.4, -0.2) is 42.6 Å². The van der Waals surface area contributed by atoms with Crippen LogP contribution < -0.4 is 10.1 Å². The van der Waals surface area contributed by atoms with Crippen LogP contribution in [0.2, 0.25) is 5.02 Å². The summed E-state index contributed by atoms with van der Waals surface area (Å²) < 4.78 is 10.2. The number of halogens is 1. The highest BCUT2D eigenvalue weighted by Crippen LogP contribution is 2.28. The Morgan fingerprint density at radius 3 is 2.72 bits per heavy atom. The molecular weight excluding hydrogens is 348 g/mol. The minimum Gasteiger partial charge on any atom is -0.489 e. The average molecular weight is 367 g/mol. The van der Waals surface area contributed by atoms with Crippen LogP contribution in [0, 0.1) is 0 Å². The minimum absolute atomic E-state index is 0.0317. The Hall–Kier alpha value is -2.54. The summed E-state index contributed by atoms with van der Waals surface area (Å²) in [7, 11) is 1.18. The van der Waals surface area contributed by atoms with Crippen molar-refractivity contribution in [2.45, 2.75) is 26.4 Å². The molecule has 0 aromatic heterocycles. The summed E-state index contributed by atoms with van der Waals surface area (Å²) in [6, 6.07) is 4.38. The van der Waals surface area contributed by atoms with Gasteiger partial charge in [0.05, 0.1) is 18.2 Å². The highest BCUT2D eigenvalue weighted by atomic mass is 35.5. The van der Waals surface area contributed by atoms with Crippen LogP contribution in [0.1, 0.15) is 25.8 Å². The number of urea groups is 1. The number of carbonyl (C=O) groups is 3. The molecule has 1 saturated heterocycles. The van der Waals surface area contributed by atoms with E-state index in [2.05, 4.69) is 10.1 Å². The van der Waals surface area contributed by atoms with Crippen molar-refractivity contribution in [1.82, 2.24) is 10.2 Å². The molecule has 0 aliphatic carbocycles. The van der Waals surface area contributed by atoms with Gasteiger partial charge in [0, 0.05) is 0 Å². The van der Waals surface area contributed by atoms with Gasteiger partial charge >= 0.3 is 12.0 Å². The first-order valence-electron chi connectivity index (χ1n) is 7.73. The molecule has 1 heterocycles. The van der Waals surface area contributed by atoms with E-state index in [1.54, 1.807) is 18.2 Å². The van der Waals surface area contributed by atoms with Crippen LogP contribution in [0.3, 0.4) is 0 Å². The summed E-state index contributed by atoms with van der Waals surface area (Å²) in [5.41, 5.74) is 0.672. The smallest absolute Gasteiger partial charge is 0.329 e. The van der Waals surface area contributed by atoms with Crippen LogP contribution in [0.25, 0.3) is 6.08 Å². The van der Waals surface area contributed by atoms with Crippen LogP contribution in [0.4, 0.5) is 4.79 Å². The van der Waals surface area contributed by atoms with E-state index in [0.717, 1.165) is 11.3 Å². The first-order chi connectivity index (χ1) is 11.8. The number of nitrogens with zero attached hydrogens (tertiary/aromatic N) is 1. The molecule has 0 radical (unpaired) electrons. The SMILES string of the molecule is CC[C@@H](C)Oc1ccc(/C=C2/NC(=O)N(CC(=O)OC)C2=O)cc1Cl. The van der Waals surface area contributed by atoms with Gasteiger partial charge in [-0.15, -0.1) is 0 Å². The molecule has 1 aromatic carbocycles. The van der Waals surface area contributed by atoms with Gasteiger partial charge in [0.1, 0.15) is 18.0 Å². The van der Waals surface area contributed by atoms with Crippen LogP contribution in [0.5, 0.6) is 5.75 Å².